The average molecular weight is 425 g/mol. The highest BCUT2D eigenvalue weighted by atomic mass is 79.9. The first kappa shape index (κ1) is 17.5. The molecule has 8 heteroatoms. The number of carbonyl (C=O) groups is 1. The third-order valence-electron chi connectivity index (χ3n) is 4.42. The number of anilines is 1. The van der Waals surface area contributed by atoms with E-state index in [4.69, 9.17) is 0 Å². The third-order valence-corrected chi connectivity index (χ3v) is 5.03. The molecule has 1 aromatic carbocycles. The van der Waals surface area contributed by atoms with E-state index in [1.807, 2.05) is 36.4 Å². The lowest BCUT2D eigenvalue weighted by molar-refractivity contribution is 0.0738. The summed E-state index contributed by atoms with van der Waals surface area (Å²) in [6.45, 7) is 2.54. The molecule has 3 heterocycles. The van der Waals surface area contributed by atoms with Crippen LogP contribution < -0.4 is 4.90 Å². The van der Waals surface area contributed by atoms with E-state index in [0.29, 0.717) is 42.3 Å². The van der Waals surface area contributed by atoms with Crippen LogP contribution >= 0.6 is 15.9 Å². The van der Waals surface area contributed by atoms with E-state index in [1.165, 1.54) is 0 Å². The van der Waals surface area contributed by atoms with Gasteiger partial charge in [-0.3, -0.25) is 4.79 Å². The molecule has 1 saturated heterocycles. The maximum Gasteiger partial charge on any atom is 0.275 e. The molecule has 0 N–H and O–H groups in total. The molecule has 136 valence electrons. The minimum Gasteiger partial charge on any atom is -0.337 e. The van der Waals surface area contributed by atoms with E-state index >= 15 is 0 Å². The summed E-state index contributed by atoms with van der Waals surface area (Å²) in [6.07, 6.45) is 3.45. The summed E-state index contributed by atoms with van der Waals surface area (Å²) in [5.74, 6) is 0.570. The number of rotatable bonds is 3. The number of nitrogens with zero attached hydrogens (tertiary/aromatic N) is 6. The first-order valence-electron chi connectivity index (χ1n) is 8.62. The van der Waals surface area contributed by atoms with Crippen LogP contribution in [0.2, 0.25) is 0 Å². The summed E-state index contributed by atoms with van der Waals surface area (Å²) in [5.41, 5.74) is 2.02. The normalized spacial score (nSPS) is 14.3. The van der Waals surface area contributed by atoms with Crippen molar-refractivity contribution >= 4 is 27.8 Å². The van der Waals surface area contributed by atoms with Gasteiger partial charge in [0.15, 0.2) is 5.69 Å². The van der Waals surface area contributed by atoms with Crippen molar-refractivity contribution in [2.24, 2.45) is 0 Å². The maximum absolute atomic E-state index is 12.9. The van der Waals surface area contributed by atoms with Gasteiger partial charge in [0, 0.05) is 44.1 Å². The van der Waals surface area contributed by atoms with Crippen LogP contribution in [-0.2, 0) is 0 Å². The van der Waals surface area contributed by atoms with Crippen molar-refractivity contribution in [2.75, 3.05) is 31.1 Å². The number of amides is 1. The van der Waals surface area contributed by atoms with Crippen molar-refractivity contribution in [1.29, 1.82) is 0 Å². The fraction of sp³-hybridized carbons (Fsp3) is 0.211. The molecule has 1 aliphatic rings. The lowest BCUT2D eigenvalue weighted by Crippen LogP contribution is -2.49. The van der Waals surface area contributed by atoms with Gasteiger partial charge in [-0.15, -0.1) is 10.2 Å². The molecule has 1 amide bonds. The monoisotopic (exact) mass is 424 g/mol. The van der Waals surface area contributed by atoms with Gasteiger partial charge in [0.2, 0.25) is 5.95 Å². The standard InChI is InChI=1S/C19H17BrN6O/c20-15-13-16(14-5-2-1-3-6-14)23-24-17(15)18(27)25-9-11-26(12-10-25)19-21-7-4-8-22-19/h1-8,13H,9-12H2. The topological polar surface area (TPSA) is 75.1 Å². The Bertz CT molecular complexity index is 929. The van der Waals surface area contributed by atoms with Gasteiger partial charge < -0.3 is 9.80 Å². The van der Waals surface area contributed by atoms with Crippen LogP contribution in [0.4, 0.5) is 5.95 Å². The largest absolute Gasteiger partial charge is 0.337 e. The summed E-state index contributed by atoms with van der Waals surface area (Å²) in [6, 6.07) is 13.4. The second kappa shape index (κ2) is 7.79. The molecular weight excluding hydrogens is 408 g/mol. The number of hydrogen-bond donors (Lipinski definition) is 0. The highest BCUT2D eigenvalue weighted by molar-refractivity contribution is 9.10. The predicted molar refractivity (Wildman–Crippen MR) is 105 cm³/mol. The Labute approximate surface area is 165 Å². The van der Waals surface area contributed by atoms with Gasteiger partial charge in [-0.25, -0.2) is 9.97 Å². The van der Waals surface area contributed by atoms with E-state index in [1.54, 1.807) is 23.4 Å². The van der Waals surface area contributed by atoms with Gasteiger partial charge in [-0.2, -0.15) is 0 Å². The maximum atomic E-state index is 12.9. The molecule has 7 nitrogen and oxygen atoms in total. The number of halogens is 1. The first-order valence-corrected chi connectivity index (χ1v) is 9.41. The molecule has 4 rings (SSSR count). The zero-order valence-electron chi connectivity index (χ0n) is 14.5. The van der Waals surface area contributed by atoms with Gasteiger partial charge in [0.05, 0.1) is 10.2 Å². The van der Waals surface area contributed by atoms with Crippen molar-refractivity contribution in [3.63, 3.8) is 0 Å². The van der Waals surface area contributed by atoms with Gasteiger partial charge >= 0.3 is 0 Å². The Morgan fingerprint density at radius 2 is 1.63 bits per heavy atom. The first-order chi connectivity index (χ1) is 13.2. The molecule has 0 bridgehead atoms. The number of aromatic nitrogens is 4. The zero-order valence-corrected chi connectivity index (χ0v) is 16.1. The van der Waals surface area contributed by atoms with Crippen LogP contribution in [0, 0.1) is 0 Å². The van der Waals surface area contributed by atoms with Crippen LogP contribution in [0.1, 0.15) is 10.5 Å². The van der Waals surface area contributed by atoms with E-state index < -0.39 is 0 Å². The highest BCUT2D eigenvalue weighted by Gasteiger charge is 2.26. The van der Waals surface area contributed by atoms with E-state index in [2.05, 4.69) is 41.0 Å². The molecule has 3 aromatic rings. The SMILES string of the molecule is O=C(c1nnc(-c2ccccc2)cc1Br)N1CCN(c2ncccn2)CC1. The summed E-state index contributed by atoms with van der Waals surface area (Å²) < 4.78 is 0.648. The molecule has 1 aliphatic heterocycles. The molecule has 0 saturated carbocycles. The molecular formula is C19H17BrN6O. The highest BCUT2D eigenvalue weighted by Crippen LogP contribution is 2.23. The van der Waals surface area contributed by atoms with E-state index in [-0.39, 0.29) is 5.91 Å². The summed E-state index contributed by atoms with van der Waals surface area (Å²) in [7, 11) is 0. The fourth-order valence-corrected chi connectivity index (χ4v) is 3.44. The van der Waals surface area contributed by atoms with Crippen molar-refractivity contribution in [1.82, 2.24) is 25.1 Å². The number of benzene rings is 1. The Morgan fingerprint density at radius 1 is 0.926 bits per heavy atom. The van der Waals surface area contributed by atoms with Crippen LogP contribution in [0.3, 0.4) is 0 Å². The molecule has 0 unspecified atom stereocenters. The average Bonchev–Trinajstić information content (AvgIpc) is 2.74. The molecule has 0 atom stereocenters. The quantitative estimate of drug-likeness (QED) is 0.643. The third kappa shape index (κ3) is 3.80. The van der Waals surface area contributed by atoms with Gasteiger partial charge in [0.25, 0.3) is 5.91 Å². The molecule has 0 spiro atoms. The number of piperazine rings is 1. The minimum absolute atomic E-state index is 0.123. The summed E-state index contributed by atoms with van der Waals surface area (Å²) in [5, 5.41) is 8.41. The van der Waals surface area contributed by atoms with Crippen LogP contribution in [-0.4, -0.2) is 57.2 Å². The van der Waals surface area contributed by atoms with E-state index in [0.717, 1.165) is 11.3 Å². The second-order valence-electron chi connectivity index (χ2n) is 6.12. The van der Waals surface area contributed by atoms with Crippen molar-refractivity contribution < 1.29 is 4.79 Å². The fourth-order valence-electron chi connectivity index (χ4n) is 2.98. The summed E-state index contributed by atoms with van der Waals surface area (Å²) in [4.78, 5) is 25.2. The Morgan fingerprint density at radius 3 is 2.30 bits per heavy atom. The molecule has 27 heavy (non-hydrogen) atoms. The van der Waals surface area contributed by atoms with Gasteiger partial charge in [-0.1, -0.05) is 30.3 Å². The molecule has 2 aromatic heterocycles. The minimum atomic E-state index is -0.123. The molecule has 0 radical (unpaired) electrons. The predicted octanol–water partition coefficient (Wildman–Crippen LogP) is 2.66. The van der Waals surface area contributed by atoms with Crippen LogP contribution in [0.15, 0.2) is 59.3 Å². The number of carbonyl (C=O) groups excluding carboxylic acids is 1. The Balaban J connectivity index is 1.46. The van der Waals surface area contributed by atoms with Crippen LogP contribution in [0.5, 0.6) is 0 Å². The lowest BCUT2D eigenvalue weighted by Gasteiger charge is -2.34. The summed E-state index contributed by atoms with van der Waals surface area (Å²) >= 11 is 3.48. The molecule has 1 fully saturated rings. The van der Waals surface area contributed by atoms with E-state index in [9.17, 15) is 4.79 Å². The Kier molecular flexibility index (Phi) is 5.06. The van der Waals surface area contributed by atoms with Crippen molar-refractivity contribution in [3.8, 4) is 11.3 Å². The van der Waals surface area contributed by atoms with Crippen LogP contribution in [0.25, 0.3) is 11.3 Å². The smallest absolute Gasteiger partial charge is 0.275 e. The molecule has 0 aliphatic carbocycles. The van der Waals surface area contributed by atoms with Crippen molar-refractivity contribution in [2.45, 2.75) is 0 Å². The second-order valence-corrected chi connectivity index (χ2v) is 6.97. The number of hydrogen-bond acceptors (Lipinski definition) is 6. The van der Waals surface area contributed by atoms with Gasteiger partial charge in [-0.05, 0) is 28.1 Å². The Hall–Kier alpha value is -2.87. The van der Waals surface area contributed by atoms with Crippen molar-refractivity contribution in [3.05, 3.63) is 65.0 Å². The lowest BCUT2D eigenvalue weighted by atomic mass is 10.1. The zero-order chi connectivity index (χ0) is 18.6. The van der Waals surface area contributed by atoms with Gasteiger partial charge in [0.1, 0.15) is 0 Å².